The zero-order valence-electron chi connectivity index (χ0n) is 12.5. The summed E-state index contributed by atoms with van der Waals surface area (Å²) in [4.78, 5) is 23.2. The first-order chi connectivity index (χ1) is 11.1. The summed E-state index contributed by atoms with van der Waals surface area (Å²) >= 11 is 0. The van der Waals surface area contributed by atoms with Crippen LogP contribution in [0.25, 0.3) is 11.6 Å². The molecule has 1 aliphatic heterocycles. The van der Waals surface area contributed by atoms with Gasteiger partial charge in [0.2, 0.25) is 0 Å². The molecule has 0 aliphatic carbocycles. The van der Waals surface area contributed by atoms with Crippen LogP contribution in [-0.2, 0) is 4.79 Å². The molecule has 0 aromatic heterocycles. The van der Waals surface area contributed by atoms with Gasteiger partial charge in [0.25, 0.3) is 5.91 Å². The Hall–Kier alpha value is -3.08. The number of fused-ring (bicyclic) bond motifs is 1. The molecule has 3 rings (SSSR count). The van der Waals surface area contributed by atoms with E-state index in [0.717, 1.165) is 5.56 Å². The van der Waals surface area contributed by atoms with Gasteiger partial charge < -0.3 is 15.2 Å². The minimum atomic E-state index is -1.03. The maximum Gasteiger partial charge on any atom is 0.335 e. The van der Waals surface area contributed by atoms with Crippen molar-refractivity contribution in [1.29, 1.82) is 0 Å². The predicted octanol–water partition coefficient (Wildman–Crippen LogP) is 3.28. The monoisotopic (exact) mass is 309 g/mol. The molecule has 1 heterocycles. The first kappa shape index (κ1) is 14.8. The quantitative estimate of drug-likeness (QED) is 0.850. The third-order valence-corrected chi connectivity index (χ3v) is 3.57. The molecule has 1 amide bonds. The average molecular weight is 309 g/mol. The van der Waals surface area contributed by atoms with E-state index in [1.54, 1.807) is 12.1 Å². The van der Waals surface area contributed by atoms with Gasteiger partial charge in [0, 0.05) is 22.4 Å². The van der Waals surface area contributed by atoms with Crippen LogP contribution < -0.4 is 10.1 Å². The second-order valence-electron chi connectivity index (χ2n) is 5.05. The highest BCUT2D eigenvalue weighted by atomic mass is 16.5. The second kappa shape index (κ2) is 5.96. The molecule has 5 nitrogen and oxygen atoms in total. The fourth-order valence-corrected chi connectivity index (χ4v) is 2.51. The summed E-state index contributed by atoms with van der Waals surface area (Å²) in [7, 11) is 0. The van der Waals surface area contributed by atoms with Gasteiger partial charge in [-0.3, -0.25) is 4.79 Å². The second-order valence-corrected chi connectivity index (χ2v) is 5.05. The van der Waals surface area contributed by atoms with Crippen molar-refractivity contribution >= 4 is 29.2 Å². The Labute approximate surface area is 133 Å². The maximum absolute atomic E-state index is 12.2. The molecule has 0 spiro atoms. The summed E-state index contributed by atoms with van der Waals surface area (Å²) in [6, 6.07) is 12.1. The van der Waals surface area contributed by atoms with Crippen LogP contribution in [0.5, 0.6) is 5.75 Å². The molecule has 1 aliphatic rings. The summed E-state index contributed by atoms with van der Waals surface area (Å²) in [5, 5.41) is 11.7. The number of rotatable bonds is 4. The zero-order chi connectivity index (χ0) is 16.4. The van der Waals surface area contributed by atoms with Gasteiger partial charge >= 0.3 is 5.97 Å². The molecule has 2 N–H and O–H groups in total. The number of benzene rings is 2. The number of carbonyl (C=O) groups is 2. The van der Waals surface area contributed by atoms with Gasteiger partial charge in [-0.1, -0.05) is 24.3 Å². The number of nitrogens with one attached hydrogen (secondary N) is 1. The zero-order valence-corrected chi connectivity index (χ0v) is 12.5. The lowest BCUT2D eigenvalue weighted by Gasteiger charge is -2.07. The molecule has 2 aromatic carbocycles. The van der Waals surface area contributed by atoms with E-state index in [4.69, 9.17) is 9.84 Å². The van der Waals surface area contributed by atoms with Gasteiger partial charge in [-0.25, -0.2) is 4.79 Å². The molecule has 116 valence electrons. The minimum absolute atomic E-state index is 0.139. The van der Waals surface area contributed by atoms with Crippen LogP contribution in [0.2, 0.25) is 0 Å². The van der Waals surface area contributed by atoms with Gasteiger partial charge in [-0.05, 0) is 31.2 Å². The van der Waals surface area contributed by atoms with Crippen LogP contribution in [-0.4, -0.2) is 23.6 Å². The van der Waals surface area contributed by atoms with Crippen molar-refractivity contribution in [2.45, 2.75) is 6.92 Å². The van der Waals surface area contributed by atoms with E-state index >= 15 is 0 Å². The molecular weight excluding hydrogens is 294 g/mol. The molecule has 0 fully saturated rings. The Kier molecular flexibility index (Phi) is 3.85. The van der Waals surface area contributed by atoms with Crippen molar-refractivity contribution < 1.29 is 19.4 Å². The Morgan fingerprint density at radius 1 is 1.26 bits per heavy atom. The van der Waals surface area contributed by atoms with E-state index in [-0.39, 0.29) is 11.5 Å². The largest absolute Gasteiger partial charge is 0.493 e. The number of carboxylic acid groups (broad SMARTS) is 1. The van der Waals surface area contributed by atoms with Crippen LogP contribution in [0.3, 0.4) is 0 Å². The van der Waals surface area contributed by atoms with Gasteiger partial charge in [0.1, 0.15) is 5.75 Å². The molecule has 5 heteroatoms. The van der Waals surface area contributed by atoms with Crippen LogP contribution >= 0.6 is 0 Å². The lowest BCUT2D eigenvalue weighted by molar-refractivity contribution is -0.110. The standard InChI is InChI=1S/C18H15NO4/c1-2-23-16-6-4-3-5-11(16)9-14-13-8-7-12(18(21)22)10-15(13)19-17(14)20/h3-10H,2H2,1H3,(H,19,20)(H,21,22)/b14-9+. The Balaban J connectivity index is 2.06. The number of ether oxygens (including phenoxy) is 1. The lowest BCUT2D eigenvalue weighted by atomic mass is 10.0. The highest BCUT2D eigenvalue weighted by Gasteiger charge is 2.25. The lowest BCUT2D eigenvalue weighted by Crippen LogP contribution is -2.04. The number of carboxylic acids is 1. The van der Waals surface area contributed by atoms with Gasteiger partial charge in [0.15, 0.2) is 0 Å². The molecule has 0 radical (unpaired) electrons. The molecule has 0 atom stereocenters. The van der Waals surface area contributed by atoms with Crippen molar-refractivity contribution in [3.05, 3.63) is 59.2 Å². The maximum atomic E-state index is 12.2. The van der Waals surface area contributed by atoms with Crippen molar-refractivity contribution in [3.8, 4) is 5.75 Å². The molecule has 0 saturated carbocycles. The van der Waals surface area contributed by atoms with Gasteiger partial charge in [-0.2, -0.15) is 0 Å². The van der Waals surface area contributed by atoms with E-state index in [0.29, 0.717) is 29.2 Å². The first-order valence-electron chi connectivity index (χ1n) is 7.22. The number of hydrogen-bond donors (Lipinski definition) is 2. The summed E-state index contributed by atoms with van der Waals surface area (Å²) in [6.45, 7) is 2.43. The van der Waals surface area contributed by atoms with E-state index < -0.39 is 5.97 Å². The Morgan fingerprint density at radius 3 is 2.78 bits per heavy atom. The third-order valence-electron chi connectivity index (χ3n) is 3.57. The highest BCUT2D eigenvalue weighted by Crippen LogP contribution is 2.35. The average Bonchev–Trinajstić information content (AvgIpc) is 2.84. The predicted molar refractivity (Wildman–Crippen MR) is 87.5 cm³/mol. The van der Waals surface area contributed by atoms with Crippen LogP contribution in [0.4, 0.5) is 5.69 Å². The van der Waals surface area contributed by atoms with Crippen molar-refractivity contribution in [2.75, 3.05) is 11.9 Å². The summed E-state index contributed by atoms with van der Waals surface area (Å²) in [5.41, 5.74) is 2.63. The number of amides is 1. The smallest absolute Gasteiger partial charge is 0.335 e. The van der Waals surface area contributed by atoms with E-state index in [9.17, 15) is 9.59 Å². The molecule has 0 saturated heterocycles. The molecule has 2 aromatic rings. The van der Waals surface area contributed by atoms with Crippen LogP contribution in [0.15, 0.2) is 42.5 Å². The SMILES string of the molecule is CCOc1ccccc1/C=C1/C(=O)Nc2cc(C(=O)O)ccc21. The van der Waals surface area contributed by atoms with E-state index in [1.807, 2.05) is 31.2 Å². The molecule has 23 heavy (non-hydrogen) atoms. The van der Waals surface area contributed by atoms with Crippen LogP contribution in [0, 0.1) is 0 Å². The fraction of sp³-hybridized carbons (Fsp3) is 0.111. The number of carbonyl (C=O) groups excluding carboxylic acids is 1. The fourth-order valence-electron chi connectivity index (χ4n) is 2.51. The number of para-hydroxylation sites is 1. The topological polar surface area (TPSA) is 75.6 Å². The Morgan fingerprint density at radius 2 is 2.04 bits per heavy atom. The highest BCUT2D eigenvalue weighted by molar-refractivity contribution is 6.35. The van der Waals surface area contributed by atoms with Crippen molar-refractivity contribution in [1.82, 2.24) is 0 Å². The number of aromatic carboxylic acids is 1. The van der Waals surface area contributed by atoms with Crippen molar-refractivity contribution in [2.24, 2.45) is 0 Å². The molecule has 0 bridgehead atoms. The Bertz CT molecular complexity index is 824. The van der Waals surface area contributed by atoms with E-state index in [2.05, 4.69) is 5.32 Å². The van der Waals surface area contributed by atoms with Gasteiger partial charge in [-0.15, -0.1) is 0 Å². The number of anilines is 1. The van der Waals surface area contributed by atoms with E-state index in [1.165, 1.54) is 12.1 Å². The van der Waals surface area contributed by atoms with Gasteiger partial charge in [0.05, 0.1) is 12.2 Å². The number of hydrogen-bond acceptors (Lipinski definition) is 3. The third kappa shape index (κ3) is 2.81. The summed E-state index contributed by atoms with van der Waals surface area (Å²) < 4.78 is 5.57. The minimum Gasteiger partial charge on any atom is -0.493 e. The normalized spacial score (nSPS) is 14.5. The summed E-state index contributed by atoms with van der Waals surface area (Å²) in [6.07, 6.45) is 1.76. The summed E-state index contributed by atoms with van der Waals surface area (Å²) in [5.74, 6) is -0.582. The molecule has 0 unspecified atom stereocenters. The molecular formula is C18H15NO4. The van der Waals surface area contributed by atoms with Crippen LogP contribution in [0.1, 0.15) is 28.4 Å². The van der Waals surface area contributed by atoms with Crippen molar-refractivity contribution in [3.63, 3.8) is 0 Å². The first-order valence-corrected chi connectivity index (χ1v) is 7.22.